The lowest BCUT2D eigenvalue weighted by atomic mass is 9.72. The summed E-state index contributed by atoms with van der Waals surface area (Å²) in [6.07, 6.45) is 3.18. The molecular formula is C30H31N3O4S. The van der Waals surface area contributed by atoms with Crippen molar-refractivity contribution in [1.82, 2.24) is 9.97 Å². The van der Waals surface area contributed by atoms with Crippen LogP contribution in [0.1, 0.15) is 36.1 Å². The Morgan fingerprint density at radius 1 is 1.03 bits per heavy atom. The van der Waals surface area contributed by atoms with Crippen LogP contribution in [0.15, 0.2) is 77.8 Å². The summed E-state index contributed by atoms with van der Waals surface area (Å²) in [5, 5.41) is 3.30. The molecule has 7 nitrogen and oxygen atoms in total. The average Bonchev–Trinajstić information content (AvgIpc) is 2.89. The molecule has 8 heteroatoms. The van der Waals surface area contributed by atoms with Crippen LogP contribution in [0.4, 0.5) is 11.6 Å². The number of nitrogens with zero attached hydrogens (tertiary/aromatic N) is 2. The molecule has 0 bridgehead atoms. The Morgan fingerprint density at radius 2 is 1.82 bits per heavy atom. The first-order chi connectivity index (χ1) is 18.1. The molecule has 196 valence electrons. The Morgan fingerprint density at radius 3 is 2.58 bits per heavy atom. The maximum atomic E-state index is 12.5. The van der Waals surface area contributed by atoms with E-state index in [1.165, 1.54) is 5.56 Å². The number of aryl methyl sites for hydroxylation is 1. The molecule has 1 N–H and O–H groups in total. The first-order valence-electron chi connectivity index (χ1n) is 12.5. The Balaban J connectivity index is 1.31. The minimum absolute atomic E-state index is 0.0315. The molecule has 0 radical (unpaired) electrons. The molecule has 1 aliphatic carbocycles. The van der Waals surface area contributed by atoms with E-state index >= 15 is 0 Å². The number of benzene rings is 3. The van der Waals surface area contributed by atoms with Gasteiger partial charge in [0, 0.05) is 17.4 Å². The number of hydrogen-bond donors (Lipinski definition) is 1. The second kappa shape index (κ2) is 10.2. The molecule has 0 spiro atoms. The normalized spacial score (nSPS) is 13.9. The topological polar surface area (TPSA) is 90.4 Å². The van der Waals surface area contributed by atoms with Crippen LogP contribution in [0.2, 0.25) is 0 Å². The molecule has 0 saturated heterocycles. The van der Waals surface area contributed by atoms with Gasteiger partial charge >= 0.3 is 0 Å². The van der Waals surface area contributed by atoms with E-state index in [0.717, 1.165) is 45.8 Å². The monoisotopic (exact) mass is 529 g/mol. The van der Waals surface area contributed by atoms with E-state index in [2.05, 4.69) is 30.2 Å². The zero-order chi connectivity index (χ0) is 26.9. The second-order valence-electron chi connectivity index (χ2n) is 10.2. The summed E-state index contributed by atoms with van der Waals surface area (Å²) >= 11 is 0. The molecule has 0 unspecified atom stereocenters. The molecule has 38 heavy (non-hydrogen) atoms. The van der Waals surface area contributed by atoms with Crippen molar-refractivity contribution in [2.75, 3.05) is 19.0 Å². The maximum Gasteiger partial charge on any atom is 0.296 e. The Labute approximate surface area is 224 Å². The fourth-order valence-electron chi connectivity index (χ4n) is 4.81. The molecule has 4 aromatic rings. The first-order valence-corrected chi connectivity index (χ1v) is 13.9. The third kappa shape index (κ3) is 5.42. The fraction of sp³-hybridized carbons (Fsp3) is 0.267. The van der Waals surface area contributed by atoms with Crippen LogP contribution in [0.3, 0.4) is 0 Å². The van der Waals surface area contributed by atoms with Gasteiger partial charge in [0.05, 0.1) is 24.3 Å². The van der Waals surface area contributed by atoms with Crippen molar-refractivity contribution < 1.29 is 17.3 Å². The number of nitrogens with one attached hydrogen (secondary N) is 1. The third-order valence-corrected chi connectivity index (χ3v) is 8.16. The van der Waals surface area contributed by atoms with Gasteiger partial charge in [0.15, 0.2) is 0 Å². The van der Waals surface area contributed by atoms with Gasteiger partial charge in [-0.2, -0.15) is 8.42 Å². The van der Waals surface area contributed by atoms with Crippen molar-refractivity contribution in [2.45, 2.75) is 43.9 Å². The van der Waals surface area contributed by atoms with Gasteiger partial charge in [-0.25, -0.2) is 9.97 Å². The molecule has 0 aliphatic heterocycles. The molecule has 0 fully saturated rings. The van der Waals surface area contributed by atoms with E-state index in [9.17, 15) is 8.42 Å². The summed E-state index contributed by atoms with van der Waals surface area (Å²) in [5.74, 6) is 1.28. The molecule has 1 aliphatic rings. The standard InChI is InChI=1S/C30H31N3O4S/c1-20-8-11-25(12-9-20)38(34,35)37-15-14-21-6-5-7-23(16-21)32-29-31-19-22-18-30(2,3)27-13-10-24(36-4)17-26(27)28(22)33-29/h5-13,16-17,19H,14-15,18H2,1-4H3,(H,31,32,33). The first kappa shape index (κ1) is 25.9. The lowest BCUT2D eigenvalue weighted by Gasteiger charge is -2.33. The van der Waals surface area contributed by atoms with Crippen molar-refractivity contribution in [3.63, 3.8) is 0 Å². The maximum absolute atomic E-state index is 12.5. The number of anilines is 2. The van der Waals surface area contributed by atoms with Crippen LogP contribution < -0.4 is 10.1 Å². The van der Waals surface area contributed by atoms with E-state index in [4.69, 9.17) is 13.9 Å². The molecule has 1 aromatic heterocycles. The molecule has 0 saturated carbocycles. The highest BCUT2D eigenvalue weighted by atomic mass is 32.2. The fourth-order valence-corrected chi connectivity index (χ4v) is 5.72. The van der Waals surface area contributed by atoms with Crippen molar-refractivity contribution in [3.8, 4) is 17.0 Å². The highest BCUT2D eigenvalue weighted by molar-refractivity contribution is 7.86. The van der Waals surface area contributed by atoms with Crippen molar-refractivity contribution in [1.29, 1.82) is 0 Å². The zero-order valence-corrected chi connectivity index (χ0v) is 22.8. The summed E-state index contributed by atoms with van der Waals surface area (Å²) < 4.78 is 35.7. The summed E-state index contributed by atoms with van der Waals surface area (Å²) in [4.78, 5) is 9.61. The smallest absolute Gasteiger partial charge is 0.296 e. The van der Waals surface area contributed by atoms with Gasteiger partial charge in [0.25, 0.3) is 10.1 Å². The van der Waals surface area contributed by atoms with E-state index in [1.54, 1.807) is 31.4 Å². The van der Waals surface area contributed by atoms with Gasteiger partial charge in [0.2, 0.25) is 5.95 Å². The zero-order valence-electron chi connectivity index (χ0n) is 22.0. The van der Waals surface area contributed by atoms with Crippen LogP contribution in [0.25, 0.3) is 11.3 Å². The van der Waals surface area contributed by atoms with Crippen molar-refractivity contribution in [3.05, 3.63) is 95.2 Å². The van der Waals surface area contributed by atoms with Gasteiger partial charge in [0.1, 0.15) is 5.75 Å². The van der Waals surface area contributed by atoms with E-state index in [1.807, 2.05) is 49.5 Å². The molecule has 0 amide bonds. The van der Waals surface area contributed by atoms with Crippen LogP contribution in [0, 0.1) is 6.92 Å². The molecular weight excluding hydrogens is 498 g/mol. The molecule has 0 atom stereocenters. The van der Waals surface area contributed by atoms with E-state index < -0.39 is 10.1 Å². The largest absolute Gasteiger partial charge is 0.497 e. The highest BCUT2D eigenvalue weighted by Gasteiger charge is 2.32. The van der Waals surface area contributed by atoms with E-state index in [0.29, 0.717) is 12.4 Å². The number of ether oxygens (including phenoxy) is 1. The van der Waals surface area contributed by atoms with Gasteiger partial charge in [-0.1, -0.05) is 49.7 Å². The summed E-state index contributed by atoms with van der Waals surface area (Å²) in [6.45, 7) is 6.41. The highest BCUT2D eigenvalue weighted by Crippen LogP contribution is 2.43. The summed E-state index contributed by atoms with van der Waals surface area (Å²) in [7, 11) is -2.13. The molecule has 5 rings (SSSR count). The third-order valence-electron chi connectivity index (χ3n) is 6.83. The van der Waals surface area contributed by atoms with Crippen LogP contribution in [-0.4, -0.2) is 32.1 Å². The van der Waals surface area contributed by atoms with Crippen molar-refractivity contribution >= 4 is 21.8 Å². The quantitative estimate of drug-likeness (QED) is 0.281. The van der Waals surface area contributed by atoms with Crippen LogP contribution in [0.5, 0.6) is 5.75 Å². The minimum atomic E-state index is -3.80. The van der Waals surface area contributed by atoms with Crippen LogP contribution in [-0.2, 0) is 32.6 Å². The number of hydrogen-bond acceptors (Lipinski definition) is 7. The summed E-state index contributed by atoms with van der Waals surface area (Å²) in [5.41, 5.74) is 7.00. The average molecular weight is 530 g/mol. The SMILES string of the molecule is COc1ccc2c(c1)-c1nc(Nc3cccc(CCOS(=O)(=O)c4ccc(C)cc4)c3)ncc1CC2(C)C. The van der Waals surface area contributed by atoms with Gasteiger partial charge in [-0.3, -0.25) is 4.18 Å². The molecule has 1 heterocycles. The predicted molar refractivity (Wildman–Crippen MR) is 148 cm³/mol. The van der Waals surface area contributed by atoms with Gasteiger partial charge < -0.3 is 10.1 Å². The van der Waals surface area contributed by atoms with Gasteiger partial charge in [-0.15, -0.1) is 0 Å². The Bertz CT molecular complexity index is 1580. The number of methoxy groups -OCH3 is 1. The number of aromatic nitrogens is 2. The van der Waals surface area contributed by atoms with Crippen LogP contribution >= 0.6 is 0 Å². The molecule has 3 aromatic carbocycles. The Kier molecular flexibility index (Phi) is 6.94. The minimum Gasteiger partial charge on any atom is -0.497 e. The lowest BCUT2D eigenvalue weighted by molar-refractivity contribution is 0.322. The van der Waals surface area contributed by atoms with Crippen molar-refractivity contribution in [2.24, 2.45) is 0 Å². The lowest BCUT2D eigenvalue weighted by Crippen LogP contribution is -2.26. The van der Waals surface area contributed by atoms with E-state index in [-0.39, 0.29) is 16.9 Å². The number of rotatable bonds is 8. The summed E-state index contributed by atoms with van der Waals surface area (Å²) in [6, 6.07) is 20.5. The van der Waals surface area contributed by atoms with Gasteiger partial charge in [-0.05, 0) is 78.3 Å². The Hall–Kier alpha value is -3.75. The predicted octanol–water partition coefficient (Wildman–Crippen LogP) is 5.99. The second-order valence-corrected chi connectivity index (χ2v) is 11.8. The number of fused-ring (bicyclic) bond motifs is 3.